The number of aromatic nitrogens is 1. The highest BCUT2D eigenvalue weighted by Crippen LogP contribution is 2.18. The Morgan fingerprint density at radius 3 is 3.07 bits per heavy atom. The number of carbonyl (C=O) groups is 1. The molecule has 1 amide bonds. The molecule has 6 heteroatoms. The summed E-state index contributed by atoms with van der Waals surface area (Å²) in [4.78, 5) is 14.9. The van der Waals surface area contributed by atoms with Gasteiger partial charge >= 0.3 is 0 Å². The average molecular weight is 229 g/mol. The van der Waals surface area contributed by atoms with Gasteiger partial charge in [0.05, 0.1) is 5.69 Å². The average Bonchev–Trinajstić information content (AvgIpc) is 2.63. The van der Waals surface area contributed by atoms with Crippen LogP contribution >= 0.6 is 11.8 Å². The van der Waals surface area contributed by atoms with Gasteiger partial charge in [0.25, 0.3) is 5.22 Å². The minimum Gasteiger partial charge on any atom is -0.440 e. The van der Waals surface area contributed by atoms with E-state index in [4.69, 9.17) is 10.3 Å². The highest BCUT2D eigenvalue weighted by molar-refractivity contribution is 7.99. The van der Waals surface area contributed by atoms with Crippen LogP contribution in [-0.2, 0) is 4.79 Å². The van der Waals surface area contributed by atoms with Crippen LogP contribution in [0.1, 0.15) is 25.0 Å². The molecular weight excluding hydrogens is 214 g/mol. The lowest BCUT2D eigenvalue weighted by Gasteiger charge is -1.98. The van der Waals surface area contributed by atoms with Crippen LogP contribution in [0.15, 0.2) is 15.9 Å². The first-order valence-electron chi connectivity index (χ1n) is 4.76. The van der Waals surface area contributed by atoms with Gasteiger partial charge in [-0.3, -0.25) is 10.2 Å². The third-order valence-corrected chi connectivity index (χ3v) is 2.71. The van der Waals surface area contributed by atoms with Gasteiger partial charge in [0.2, 0.25) is 5.91 Å². The highest BCUT2D eigenvalue weighted by atomic mass is 32.2. The van der Waals surface area contributed by atoms with E-state index in [1.165, 1.54) is 0 Å². The van der Waals surface area contributed by atoms with E-state index in [0.29, 0.717) is 11.6 Å². The maximum Gasteiger partial charge on any atom is 0.255 e. The summed E-state index contributed by atoms with van der Waals surface area (Å²) in [6.45, 7) is 1.89. The molecule has 0 aromatic carbocycles. The van der Waals surface area contributed by atoms with Gasteiger partial charge < -0.3 is 4.42 Å². The standard InChI is InChI=1S/C9H15N3O2S/c1-7-6-14-9(11-7)15-5-3-2-4-8(13)12-10/h6H,2-5,10H2,1H3,(H,12,13). The molecule has 0 bridgehead atoms. The fraction of sp³-hybridized carbons (Fsp3) is 0.556. The van der Waals surface area contributed by atoms with Gasteiger partial charge in [-0.05, 0) is 19.8 Å². The molecule has 0 aliphatic carbocycles. The second-order valence-corrected chi connectivity index (χ2v) is 4.17. The Labute approximate surface area is 92.8 Å². The Morgan fingerprint density at radius 2 is 2.47 bits per heavy atom. The molecule has 1 heterocycles. The monoisotopic (exact) mass is 229 g/mol. The molecule has 0 spiro atoms. The molecule has 0 unspecified atom stereocenters. The van der Waals surface area contributed by atoms with E-state index in [-0.39, 0.29) is 5.91 Å². The van der Waals surface area contributed by atoms with Crippen molar-refractivity contribution >= 4 is 17.7 Å². The van der Waals surface area contributed by atoms with Crippen LogP contribution in [0.25, 0.3) is 0 Å². The number of nitrogens with two attached hydrogens (primary N) is 1. The Balaban J connectivity index is 2.05. The third kappa shape index (κ3) is 4.85. The van der Waals surface area contributed by atoms with E-state index in [9.17, 15) is 4.79 Å². The van der Waals surface area contributed by atoms with Crippen molar-refractivity contribution in [1.29, 1.82) is 0 Å². The number of nitrogens with one attached hydrogen (secondary N) is 1. The smallest absolute Gasteiger partial charge is 0.255 e. The number of aryl methyl sites for hydroxylation is 1. The number of rotatable bonds is 6. The summed E-state index contributed by atoms with van der Waals surface area (Å²) in [5.74, 6) is 5.73. The minimum atomic E-state index is -0.119. The fourth-order valence-corrected chi connectivity index (χ4v) is 1.87. The Morgan fingerprint density at radius 1 is 1.67 bits per heavy atom. The van der Waals surface area contributed by atoms with Gasteiger partial charge in [-0.1, -0.05) is 11.8 Å². The molecule has 1 aromatic rings. The van der Waals surface area contributed by atoms with Crippen LogP contribution < -0.4 is 11.3 Å². The maximum absolute atomic E-state index is 10.8. The quantitative estimate of drug-likeness (QED) is 0.252. The summed E-state index contributed by atoms with van der Waals surface area (Å²) < 4.78 is 5.17. The third-order valence-electron chi connectivity index (χ3n) is 1.78. The summed E-state index contributed by atoms with van der Waals surface area (Å²) in [6, 6.07) is 0. The van der Waals surface area contributed by atoms with Crippen molar-refractivity contribution in [2.75, 3.05) is 5.75 Å². The maximum atomic E-state index is 10.8. The van der Waals surface area contributed by atoms with Crippen LogP contribution in [0, 0.1) is 6.92 Å². The first-order chi connectivity index (χ1) is 7.22. The first-order valence-corrected chi connectivity index (χ1v) is 5.75. The molecule has 5 nitrogen and oxygen atoms in total. The summed E-state index contributed by atoms with van der Waals surface area (Å²) in [6.07, 6.45) is 3.88. The molecule has 0 fully saturated rings. The van der Waals surface area contributed by atoms with E-state index in [1.807, 2.05) is 6.92 Å². The Kier molecular flexibility index (Phi) is 5.20. The van der Waals surface area contributed by atoms with Crippen LogP contribution in [0.3, 0.4) is 0 Å². The van der Waals surface area contributed by atoms with Crippen molar-refractivity contribution in [3.8, 4) is 0 Å². The molecule has 0 aliphatic heterocycles. The molecule has 0 saturated carbocycles. The minimum absolute atomic E-state index is 0.119. The summed E-state index contributed by atoms with van der Waals surface area (Å²) in [7, 11) is 0. The zero-order valence-electron chi connectivity index (χ0n) is 8.66. The molecule has 1 rings (SSSR count). The van der Waals surface area contributed by atoms with Crippen LogP contribution in [-0.4, -0.2) is 16.6 Å². The number of oxazole rings is 1. The number of hydrogen-bond acceptors (Lipinski definition) is 5. The number of thioether (sulfide) groups is 1. The van der Waals surface area contributed by atoms with Crippen LogP contribution in [0.5, 0.6) is 0 Å². The van der Waals surface area contributed by atoms with Crippen LogP contribution in [0.4, 0.5) is 0 Å². The van der Waals surface area contributed by atoms with Crippen molar-refractivity contribution in [1.82, 2.24) is 10.4 Å². The SMILES string of the molecule is Cc1coc(SCCCCC(=O)NN)n1. The second-order valence-electron chi connectivity index (χ2n) is 3.13. The molecule has 0 saturated heterocycles. The fourth-order valence-electron chi connectivity index (χ4n) is 1.02. The van der Waals surface area contributed by atoms with Gasteiger partial charge in [0.15, 0.2) is 0 Å². The van der Waals surface area contributed by atoms with E-state index in [1.54, 1.807) is 18.0 Å². The van der Waals surface area contributed by atoms with Gasteiger partial charge in [-0.15, -0.1) is 0 Å². The number of nitrogens with zero attached hydrogens (tertiary/aromatic N) is 1. The van der Waals surface area contributed by atoms with Crippen molar-refractivity contribution in [3.63, 3.8) is 0 Å². The largest absolute Gasteiger partial charge is 0.440 e. The number of hydrazine groups is 1. The molecule has 1 aromatic heterocycles. The number of unbranched alkanes of at least 4 members (excludes halogenated alkanes) is 1. The topological polar surface area (TPSA) is 81.2 Å². The Hall–Kier alpha value is -1.01. The normalized spacial score (nSPS) is 10.3. The Bertz CT molecular complexity index is 314. The molecular formula is C9H15N3O2S. The number of amides is 1. The van der Waals surface area contributed by atoms with Crippen molar-refractivity contribution in [2.24, 2.45) is 5.84 Å². The summed E-state index contributed by atoms with van der Waals surface area (Å²) in [5, 5.41) is 0.691. The van der Waals surface area contributed by atoms with E-state index >= 15 is 0 Å². The van der Waals surface area contributed by atoms with Gasteiger partial charge in [-0.25, -0.2) is 10.8 Å². The number of hydrogen-bond donors (Lipinski definition) is 2. The van der Waals surface area contributed by atoms with Crippen molar-refractivity contribution in [2.45, 2.75) is 31.4 Å². The predicted molar refractivity (Wildman–Crippen MR) is 58.1 cm³/mol. The van der Waals surface area contributed by atoms with Crippen molar-refractivity contribution in [3.05, 3.63) is 12.0 Å². The molecule has 0 atom stereocenters. The summed E-state index contributed by atoms with van der Waals surface area (Å²) >= 11 is 1.56. The van der Waals surface area contributed by atoms with E-state index < -0.39 is 0 Å². The van der Waals surface area contributed by atoms with E-state index in [0.717, 1.165) is 24.3 Å². The van der Waals surface area contributed by atoms with Gasteiger partial charge in [0.1, 0.15) is 6.26 Å². The molecule has 0 radical (unpaired) electrons. The lowest BCUT2D eigenvalue weighted by atomic mass is 10.2. The zero-order chi connectivity index (χ0) is 11.1. The van der Waals surface area contributed by atoms with Crippen molar-refractivity contribution < 1.29 is 9.21 Å². The molecule has 3 N–H and O–H groups in total. The van der Waals surface area contributed by atoms with Gasteiger partial charge in [0, 0.05) is 12.2 Å². The lowest BCUT2D eigenvalue weighted by Crippen LogP contribution is -2.29. The zero-order valence-corrected chi connectivity index (χ0v) is 9.47. The highest BCUT2D eigenvalue weighted by Gasteiger charge is 2.02. The second kappa shape index (κ2) is 6.47. The molecule has 0 aliphatic rings. The van der Waals surface area contributed by atoms with Gasteiger partial charge in [-0.2, -0.15) is 0 Å². The predicted octanol–water partition coefficient (Wildman–Crippen LogP) is 1.24. The van der Waals surface area contributed by atoms with Crippen LogP contribution in [0.2, 0.25) is 0 Å². The first kappa shape index (κ1) is 12.1. The number of carbonyl (C=O) groups excluding carboxylic acids is 1. The molecule has 15 heavy (non-hydrogen) atoms. The van der Waals surface area contributed by atoms with E-state index in [2.05, 4.69) is 10.4 Å². The summed E-state index contributed by atoms with van der Waals surface area (Å²) in [5.41, 5.74) is 2.99. The molecule has 84 valence electrons. The lowest BCUT2D eigenvalue weighted by molar-refractivity contribution is -0.121.